The molecule has 1 aliphatic heterocycles. The number of hydrogen-bond acceptors (Lipinski definition) is 9. The van der Waals surface area contributed by atoms with E-state index in [2.05, 4.69) is 39.0 Å². The van der Waals surface area contributed by atoms with E-state index >= 15 is 0 Å². The predicted octanol–water partition coefficient (Wildman–Crippen LogP) is 2.64. The zero-order chi connectivity index (χ0) is 22.2. The lowest BCUT2D eigenvalue weighted by atomic mass is 10.3. The maximum atomic E-state index is 11.3. The molecule has 1 aromatic carbocycles. The Labute approximate surface area is 182 Å². The summed E-state index contributed by atoms with van der Waals surface area (Å²) in [5.74, 6) is 1.77. The predicted molar refractivity (Wildman–Crippen MR) is 119 cm³/mol. The number of nitro groups is 1. The molecule has 1 fully saturated rings. The van der Waals surface area contributed by atoms with Crippen LogP contribution >= 0.6 is 0 Å². The molecule has 1 aliphatic rings. The van der Waals surface area contributed by atoms with Crippen molar-refractivity contribution in [2.45, 2.75) is 26.4 Å². The molecule has 3 aromatic heterocycles. The Kier molecular flexibility index (Phi) is 5.05. The van der Waals surface area contributed by atoms with Crippen molar-refractivity contribution >= 4 is 39.7 Å². The smallest absolute Gasteiger partial charge is 0.297 e. The van der Waals surface area contributed by atoms with Gasteiger partial charge >= 0.3 is 0 Å². The fourth-order valence-corrected chi connectivity index (χ4v) is 3.78. The average Bonchev–Trinajstić information content (AvgIpc) is 3.41. The largest absolute Gasteiger partial charge is 0.378 e. The number of nitrogens with zero attached hydrogens (tertiary/aromatic N) is 7. The van der Waals surface area contributed by atoms with Crippen LogP contribution in [0, 0.1) is 10.1 Å². The summed E-state index contributed by atoms with van der Waals surface area (Å²) >= 11 is 0. The van der Waals surface area contributed by atoms with Gasteiger partial charge in [0.25, 0.3) is 5.69 Å². The molecule has 2 N–H and O–H groups in total. The number of aromatic nitrogens is 6. The Morgan fingerprint density at radius 3 is 2.78 bits per heavy atom. The first-order chi connectivity index (χ1) is 15.5. The third-order valence-electron chi connectivity index (χ3n) is 5.42. The first-order valence-corrected chi connectivity index (χ1v) is 10.4. The summed E-state index contributed by atoms with van der Waals surface area (Å²) in [6, 6.07) is 5.04. The van der Waals surface area contributed by atoms with Crippen LogP contribution in [0.15, 0.2) is 24.5 Å². The van der Waals surface area contributed by atoms with Crippen LogP contribution in [0.3, 0.4) is 0 Å². The normalized spacial score (nSPS) is 14.5. The summed E-state index contributed by atoms with van der Waals surface area (Å²) in [6.07, 6.45) is 1.77. The summed E-state index contributed by atoms with van der Waals surface area (Å²) in [6.45, 7) is 7.14. The van der Waals surface area contributed by atoms with Gasteiger partial charge in [-0.1, -0.05) is 6.07 Å². The fraction of sp³-hybridized carbons (Fsp3) is 0.400. The van der Waals surface area contributed by atoms with Crippen molar-refractivity contribution in [3.05, 3.63) is 40.5 Å². The van der Waals surface area contributed by atoms with Gasteiger partial charge in [-0.3, -0.25) is 10.1 Å². The van der Waals surface area contributed by atoms with Gasteiger partial charge in [0.05, 0.1) is 36.5 Å². The van der Waals surface area contributed by atoms with E-state index in [0.29, 0.717) is 67.0 Å². The lowest BCUT2D eigenvalue weighted by Crippen LogP contribution is -2.37. The molecule has 32 heavy (non-hydrogen) atoms. The number of ether oxygens (including phenoxy) is 1. The highest BCUT2D eigenvalue weighted by Gasteiger charge is 2.21. The number of aromatic amines is 1. The van der Waals surface area contributed by atoms with Crippen LogP contribution in [0.1, 0.15) is 25.7 Å². The summed E-state index contributed by atoms with van der Waals surface area (Å²) in [4.78, 5) is 34.6. The van der Waals surface area contributed by atoms with Gasteiger partial charge in [0.1, 0.15) is 5.82 Å². The number of nitro benzene ring substituents is 1. The van der Waals surface area contributed by atoms with Crippen LogP contribution in [0.25, 0.3) is 22.2 Å². The van der Waals surface area contributed by atoms with E-state index in [1.807, 2.05) is 4.57 Å². The van der Waals surface area contributed by atoms with Crippen LogP contribution in [0.4, 0.5) is 17.5 Å². The standard InChI is InChI=1S/C20H23N9O3/c1-12(2)28-11-22-17-18(25-20(26-19(17)28)27-6-8-32-9-7-27)21-10-15-23-13-4-3-5-14(29(30)31)16(13)24-15/h3-5,11-12H,6-10H2,1-2H3,(H,23,24)(H,21,25,26). The molecule has 0 aliphatic carbocycles. The average molecular weight is 437 g/mol. The van der Waals surface area contributed by atoms with Crippen LogP contribution in [-0.4, -0.2) is 60.7 Å². The van der Waals surface area contributed by atoms with Crippen molar-refractivity contribution in [1.29, 1.82) is 0 Å². The highest BCUT2D eigenvalue weighted by molar-refractivity contribution is 5.85. The Bertz CT molecular complexity index is 1290. The number of morpholine rings is 1. The summed E-state index contributed by atoms with van der Waals surface area (Å²) < 4.78 is 7.47. The summed E-state index contributed by atoms with van der Waals surface area (Å²) in [7, 11) is 0. The zero-order valence-corrected chi connectivity index (χ0v) is 17.8. The molecule has 0 amide bonds. The molecule has 4 aromatic rings. The molecule has 0 unspecified atom stereocenters. The number of benzene rings is 1. The quantitative estimate of drug-likeness (QED) is 0.344. The number of rotatable bonds is 6. The lowest BCUT2D eigenvalue weighted by Gasteiger charge is -2.27. The SMILES string of the molecule is CC(C)n1cnc2c(NCc3nc4c([N+](=O)[O-])cccc4[nH]3)nc(N3CCOCC3)nc21. The highest BCUT2D eigenvalue weighted by Crippen LogP contribution is 2.27. The maximum Gasteiger partial charge on any atom is 0.297 e. The van der Waals surface area contributed by atoms with Gasteiger partial charge in [0, 0.05) is 25.2 Å². The summed E-state index contributed by atoms with van der Waals surface area (Å²) in [5.41, 5.74) is 2.33. The van der Waals surface area contributed by atoms with Gasteiger partial charge in [0.2, 0.25) is 5.95 Å². The van der Waals surface area contributed by atoms with Crippen molar-refractivity contribution in [3.63, 3.8) is 0 Å². The Balaban J connectivity index is 1.50. The molecular weight excluding hydrogens is 414 g/mol. The molecule has 0 atom stereocenters. The zero-order valence-electron chi connectivity index (χ0n) is 17.8. The fourth-order valence-electron chi connectivity index (χ4n) is 3.78. The molecule has 0 spiro atoms. The van der Waals surface area contributed by atoms with Crippen molar-refractivity contribution in [2.75, 3.05) is 36.5 Å². The monoisotopic (exact) mass is 437 g/mol. The number of fused-ring (bicyclic) bond motifs is 2. The van der Waals surface area contributed by atoms with Gasteiger partial charge in [-0.05, 0) is 19.9 Å². The van der Waals surface area contributed by atoms with E-state index < -0.39 is 4.92 Å². The topological polar surface area (TPSA) is 140 Å². The molecule has 4 heterocycles. The van der Waals surface area contributed by atoms with E-state index in [1.165, 1.54) is 6.07 Å². The number of anilines is 2. The van der Waals surface area contributed by atoms with Crippen LogP contribution < -0.4 is 10.2 Å². The molecule has 12 heteroatoms. The third-order valence-corrected chi connectivity index (χ3v) is 5.42. The first-order valence-electron chi connectivity index (χ1n) is 10.4. The minimum absolute atomic E-state index is 0.0280. The van der Waals surface area contributed by atoms with Crippen LogP contribution in [-0.2, 0) is 11.3 Å². The molecule has 5 rings (SSSR count). The Morgan fingerprint density at radius 2 is 2.03 bits per heavy atom. The maximum absolute atomic E-state index is 11.3. The number of H-pyrrole nitrogens is 1. The number of nitrogens with one attached hydrogen (secondary N) is 2. The van der Waals surface area contributed by atoms with E-state index in [0.717, 1.165) is 5.65 Å². The van der Waals surface area contributed by atoms with E-state index in [1.54, 1.807) is 18.5 Å². The van der Waals surface area contributed by atoms with Crippen LogP contribution in [0.5, 0.6) is 0 Å². The van der Waals surface area contributed by atoms with Crippen molar-refractivity contribution in [2.24, 2.45) is 0 Å². The number of imidazole rings is 2. The molecule has 0 saturated carbocycles. The second-order valence-electron chi connectivity index (χ2n) is 7.86. The van der Waals surface area contributed by atoms with E-state index in [4.69, 9.17) is 14.7 Å². The first kappa shape index (κ1) is 20.1. The van der Waals surface area contributed by atoms with Gasteiger partial charge in [-0.15, -0.1) is 0 Å². The van der Waals surface area contributed by atoms with Gasteiger partial charge in [-0.25, -0.2) is 9.97 Å². The van der Waals surface area contributed by atoms with Gasteiger partial charge in [0.15, 0.2) is 22.5 Å². The molecule has 1 saturated heterocycles. The van der Waals surface area contributed by atoms with Crippen molar-refractivity contribution < 1.29 is 9.66 Å². The number of non-ortho nitro benzene ring substituents is 1. The number of hydrogen-bond donors (Lipinski definition) is 2. The van der Waals surface area contributed by atoms with Gasteiger partial charge in [-0.2, -0.15) is 9.97 Å². The number of para-hydroxylation sites is 1. The van der Waals surface area contributed by atoms with E-state index in [-0.39, 0.29) is 11.7 Å². The Hall–Kier alpha value is -3.80. The molecule has 166 valence electrons. The van der Waals surface area contributed by atoms with Crippen LogP contribution in [0.2, 0.25) is 0 Å². The summed E-state index contributed by atoms with van der Waals surface area (Å²) in [5, 5.41) is 14.6. The van der Waals surface area contributed by atoms with E-state index in [9.17, 15) is 10.1 Å². The minimum Gasteiger partial charge on any atom is -0.378 e. The lowest BCUT2D eigenvalue weighted by molar-refractivity contribution is -0.383. The third kappa shape index (κ3) is 3.58. The highest BCUT2D eigenvalue weighted by atomic mass is 16.6. The van der Waals surface area contributed by atoms with Crippen molar-refractivity contribution in [1.82, 2.24) is 29.5 Å². The second-order valence-corrected chi connectivity index (χ2v) is 7.86. The molecule has 0 radical (unpaired) electrons. The van der Waals surface area contributed by atoms with Gasteiger partial charge < -0.3 is 24.5 Å². The molecule has 12 nitrogen and oxygen atoms in total. The minimum atomic E-state index is -0.429. The molecular formula is C20H23N9O3. The Morgan fingerprint density at radius 1 is 1.22 bits per heavy atom. The molecule has 0 bridgehead atoms. The van der Waals surface area contributed by atoms with Crippen molar-refractivity contribution in [3.8, 4) is 0 Å². The second kappa shape index (κ2) is 8.04.